The Morgan fingerprint density at radius 3 is 2.62 bits per heavy atom. The van der Waals surface area contributed by atoms with E-state index in [2.05, 4.69) is 5.32 Å². The van der Waals surface area contributed by atoms with Crippen molar-refractivity contribution in [3.63, 3.8) is 0 Å². The number of primary amides is 1. The molecule has 84 valence electrons. The van der Waals surface area contributed by atoms with Gasteiger partial charge in [-0.2, -0.15) is 0 Å². The molecule has 0 aliphatic heterocycles. The largest absolute Gasteiger partial charge is 0.366 e. The Hall–Kier alpha value is -1.88. The maximum Gasteiger partial charge on any atom is 0.248 e. The van der Waals surface area contributed by atoms with Crippen molar-refractivity contribution in [3.05, 3.63) is 29.8 Å². The van der Waals surface area contributed by atoms with Crippen molar-refractivity contribution in [1.82, 2.24) is 0 Å². The number of nitrogens with two attached hydrogens (primary N) is 2. The zero-order valence-electron chi connectivity index (χ0n) is 8.64. The molecule has 16 heavy (non-hydrogen) atoms. The summed E-state index contributed by atoms with van der Waals surface area (Å²) in [4.78, 5) is 22.5. The van der Waals surface area contributed by atoms with Crippen molar-refractivity contribution >= 4 is 17.5 Å². The number of nitrogens with one attached hydrogen (secondary N) is 1. The lowest BCUT2D eigenvalue weighted by Gasteiger charge is -2.05. The molecule has 0 spiro atoms. The van der Waals surface area contributed by atoms with E-state index in [1.807, 2.05) is 0 Å². The maximum atomic E-state index is 11.6. The third kappa shape index (κ3) is 2.20. The van der Waals surface area contributed by atoms with Gasteiger partial charge in [-0.15, -0.1) is 0 Å². The molecule has 0 radical (unpaired) electrons. The van der Waals surface area contributed by atoms with Crippen LogP contribution in [-0.2, 0) is 4.79 Å². The molecule has 0 saturated heterocycles. The van der Waals surface area contributed by atoms with Gasteiger partial charge >= 0.3 is 0 Å². The molecule has 5 N–H and O–H groups in total. The molecular formula is C11H13N3O2. The van der Waals surface area contributed by atoms with Gasteiger partial charge in [0.15, 0.2) is 0 Å². The van der Waals surface area contributed by atoms with Crippen molar-refractivity contribution in [2.75, 3.05) is 5.32 Å². The quantitative estimate of drug-likeness (QED) is 0.671. The number of carbonyl (C=O) groups excluding carboxylic acids is 2. The first kappa shape index (κ1) is 10.6. The molecular weight excluding hydrogens is 206 g/mol. The number of hydrogen-bond donors (Lipinski definition) is 3. The van der Waals surface area contributed by atoms with Crippen LogP contribution in [0.3, 0.4) is 0 Å². The molecule has 5 heteroatoms. The Bertz CT molecular complexity index is 445. The van der Waals surface area contributed by atoms with E-state index in [0.29, 0.717) is 11.3 Å². The predicted molar refractivity (Wildman–Crippen MR) is 59.7 cm³/mol. The summed E-state index contributed by atoms with van der Waals surface area (Å²) in [6.45, 7) is 0. The second kappa shape index (κ2) is 3.94. The summed E-state index contributed by atoms with van der Waals surface area (Å²) < 4.78 is 0. The first-order chi connectivity index (χ1) is 7.58. The summed E-state index contributed by atoms with van der Waals surface area (Å²) >= 11 is 0. The predicted octanol–water partition coefficient (Wildman–Crippen LogP) is 0.0712. The minimum atomic E-state index is -0.515. The van der Waals surface area contributed by atoms with E-state index in [4.69, 9.17) is 11.5 Å². The van der Waals surface area contributed by atoms with Crippen LogP contribution in [0.2, 0.25) is 0 Å². The van der Waals surface area contributed by atoms with E-state index >= 15 is 0 Å². The highest BCUT2D eigenvalue weighted by Gasteiger charge is 2.39. The van der Waals surface area contributed by atoms with Gasteiger partial charge in [-0.05, 0) is 24.6 Å². The molecule has 2 unspecified atom stereocenters. The molecule has 1 aliphatic rings. The van der Waals surface area contributed by atoms with Gasteiger partial charge in [-0.25, -0.2) is 0 Å². The van der Waals surface area contributed by atoms with E-state index in [1.54, 1.807) is 24.3 Å². The summed E-state index contributed by atoms with van der Waals surface area (Å²) in [6.07, 6.45) is 0.724. The Morgan fingerprint density at radius 1 is 1.38 bits per heavy atom. The minimum absolute atomic E-state index is 0.0284. The van der Waals surface area contributed by atoms with Crippen LogP contribution in [0, 0.1) is 5.92 Å². The van der Waals surface area contributed by atoms with Gasteiger partial charge in [-0.1, -0.05) is 6.07 Å². The van der Waals surface area contributed by atoms with Crippen LogP contribution >= 0.6 is 0 Å². The van der Waals surface area contributed by atoms with Gasteiger partial charge < -0.3 is 16.8 Å². The molecule has 1 aliphatic carbocycles. The average molecular weight is 219 g/mol. The summed E-state index contributed by atoms with van der Waals surface area (Å²) in [6, 6.07) is 6.50. The molecule has 0 heterocycles. The molecule has 1 aromatic rings. The van der Waals surface area contributed by atoms with Crippen LogP contribution in [0.1, 0.15) is 16.8 Å². The lowest BCUT2D eigenvalue weighted by Crippen LogP contribution is -2.19. The average Bonchev–Trinajstić information content (AvgIpc) is 2.96. The number of rotatable bonds is 3. The van der Waals surface area contributed by atoms with E-state index in [9.17, 15) is 9.59 Å². The van der Waals surface area contributed by atoms with Crippen molar-refractivity contribution in [2.24, 2.45) is 17.4 Å². The van der Waals surface area contributed by atoms with Gasteiger partial charge in [-0.3, -0.25) is 9.59 Å². The Balaban J connectivity index is 2.06. The third-order valence-electron chi connectivity index (χ3n) is 2.59. The zero-order chi connectivity index (χ0) is 11.7. The standard InChI is InChI=1S/C11H13N3O2/c12-9-5-8(9)11(16)14-7-3-1-2-6(4-7)10(13)15/h1-4,8-9H,5,12H2,(H2,13,15)(H,14,16). The second-order valence-corrected chi connectivity index (χ2v) is 3.94. The van der Waals surface area contributed by atoms with E-state index in [0.717, 1.165) is 6.42 Å². The Morgan fingerprint density at radius 2 is 2.06 bits per heavy atom. The summed E-state index contributed by atoms with van der Waals surface area (Å²) in [7, 11) is 0. The normalized spacial score (nSPS) is 22.6. The number of carbonyl (C=O) groups is 2. The van der Waals surface area contributed by atoms with Crippen molar-refractivity contribution in [1.29, 1.82) is 0 Å². The van der Waals surface area contributed by atoms with Crippen LogP contribution in [0.4, 0.5) is 5.69 Å². The lowest BCUT2D eigenvalue weighted by molar-refractivity contribution is -0.117. The van der Waals surface area contributed by atoms with Crippen LogP contribution in [0.5, 0.6) is 0 Å². The van der Waals surface area contributed by atoms with Gasteiger partial charge in [0.25, 0.3) is 0 Å². The topological polar surface area (TPSA) is 98.2 Å². The van der Waals surface area contributed by atoms with Crippen LogP contribution < -0.4 is 16.8 Å². The van der Waals surface area contributed by atoms with E-state index < -0.39 is 5.91 Å². The molecule has 1 aromatic carbocycles. The highest BCUT2D eigenvalue weighted by atomic mass is 16.2. The van der Waals surface area contributed by atoms with Crippen molar-refractivity contribution in [3.8, 4) is 0 Å². The fourth-order valence-corrected chi connectivity index (χ4v) is 1.50. The number of benzene rings is 1. The second-order valence-electron chi connectivity index (χ2n) is 3.94. The van der Waals surface area contributed by atoms with Gasteiger partial charge in [0.1, 0.15) is 0 Å². The minimum Gasteiger partial charge on any atom is -0.366 e. The highest BCUT2D eigenvalue weighted by Crippen LogP contribution is 2.29. The summed E-state index contributed by atoms with van der Waals surface area (Å²) in [5, 5.41) is 2.70. The molecule has 1 fully saturated rings. The summed E-state index contributed by atoms with van der Waals surface area (Å²) in [5.74, 6) is -0.717. The SMILES string of the molecule is NC(=O)c1cccc(NC(=O)C2CC2N)c1. The van der Waals surface area contributed by atoms with Gasteiger partial charge in [0.2, 0.25) is 11.8 Å². The van der Waals surface area contributed by atoms with Crippen molar-refractivity contribution < 1.29 is 9.59 Å². The molecule has 0 aromatic heterocycles. The van der Waals surface area contributed by atoms with Gasteiger partial charge in [0, 0.05) is 17.3 Å². The zero-order valence-corrected chi connectivity index (χ0v) is 8.64. The lowest BCUT2D eigenvalue weighted by atomic mass is 10.2. The monoisotopic (exact) mass is 219 g/mol. The first-order valence-electron chi connectivity index (χ1n) is 5.04. The number of anilines is 1. The smallest absolute Gasteiger partial charge is 0.248 e. The van der Waals surface area contributed by atoms with Crippen LogP contribution in [0.25, 0.3) is 0 Å². The molecule has 5 nitrogen and oxygen atoms in total. The summed E-state index contributed by atoms with van der Waals surface area (Å²) in [5.41, 5.74) is 11.6. The number of hydrogen-bond acceptors (Lipinski definition) is 3. The fourth-order valence-electron chi connectivity index (χ4n) is 1.50. The highest BCUT2D eigenvalue weighted by molar-refractivity contribution is 5.97. The molecule has 1 saturated carbocycles. The Labute approximate surface area is 92.8 Å². The molecule has 2 atom stereocenters. The maximum absolute atomic E-state index is 11.6. The van der Waals surface area contributed by atoms with Crippen LogP contribution in [0.15, 0.2) is 24.3 Å². The van der Waals surface area contributed by atoms with Crippen molar-refractivity contribution in [2.45, 2.75) is 12.5 Å². The third-order valence-corrected chi connectivity index (χ3v) is 2.59. The number of amides is 2. The first-order valence-corrected chi connectivity index (χ1v) is 5.04. The van der Waals surface area contributed by atoms with Crippen LogP contribution in [-0.4, -0.2) is 17.9 Å². The fraction of sp³-hybridized carbons (Fsp3) is 0.273. The van der Waals surface area contributed by atoms with E-state index in [1.165, 1.54) is 0 Å². The van der Waals surface area contributed by atoms with E-state index in [-0.39, 0.29) is 17.9 Å². The molecule has 2 rings (SSSR count). The molecule has 0 bridgehead atoms. The molecule has 2 amide bonds. The van der Waals surface area contributed by atoms with Gasteiger partial charge in [0.05, 0.1) is 5.92 Å². The Kier molecular flexibility index (Phi) is 2.62.